The second-order valence-corrected chi connectivity index (χ2v) is 4.20. The highest BCUT2D eigenvalue weighted by molar-refractivity contribution is 5.25. The van der Waals surface area contributed by atoms with Crippen molar-refractivity contribution in [1.29, 1.82) is 0 Å². The molecule has 2 aromatic rings. The van der Waals surface area contributed by atoms with E-state index in [2.05, 4.69) is 53.0 Å². The van der Waals surface area contributed by atoms with Gasteiger partial charge in [-0.2, -0.15) is 0 Å². The third-order valence-electron chi connectivity index (χ3n) is 3.02. The summed E-state index contributed by atoms with van der Waals surface area (Å²) in [6, 6.07) is 8.47. The summed E-state index contributed by atoms with van der Waals surface area (Å²) in [5, 5.41) is 3.46. The molecule has 0 aliphatic heterocycles. The van der Waals surface area contributed by atoms with E-state index >= 15 is 0 Å². The van der Waals surface area contributed by atoms with Crippen molar-refractivity contribution >= 4 is 0 Å². The van der Waals surface area contributed by atoms with Gasteiger partial charge in [0.1, 0.15) is 0 Å². The molecule has 1 aromatic carbocycles. The van der Waals surface area contributed by atoms with Gasteiger partial charge in [0.25, 0.3) is 0 Å². The van der Waals surface area contributed by atoms with E-state index < -0.39 is 0 Å². The molecule has 1 aromatic heterocycles. The van der Waals surface area contributed by atoms with Gasteiger partial charge in [-0.3, -0.25) is 0 Å². The van der Waals surface area contributed by atoms with Gasteiger partial charge in [-0.1, -0.05) is 24.3 Å². The summed E-state index contributed by atoms with van der Waals surface area (Å²) in [5.41, 5.74) is 3.93. The summed E-state index contributed by atoms with van der Waals surface area (Å²) < 4.78 is 2.16. The highest BCUT2D eigenvalue weighted by Crippen LogP contribution is 2.07. The van der Waals surface area contributed by atoms with Gasteiger partial charge < -0.3 is 9.88 Å². The Labute approximate surface area is 103 Å². The molecule has 90 valence electrons. The number of nitrogens with one attached hydrogen (secondary N) is 1. The van der Waals surface area contributed by atoms with Gasteiger partial charge in [0.15, 0.2) is 0 Å². The minimum atomic E-state index is 0.863. The topological polar surface area (TPSA) is 29.9 Å². The molecule has 0 saturated carbocycles. The lowest BCUT2D eigenvalue weighted by Crippen LogP contribution is -2.16. The first-order valence-electron chi connectivity index (χ1n) is 6.05. The standard InChI is InChI=1S/C14H19N3/c1-3-17-11-16-10-14(17)9-15-8-13-7-5-4-6-12(13)2/h4-7,10-11,15H,3,8-9H2,1-2H3. The van der Waals surface area contributed by atoms with E-state index in [1.54, 1.807) is 0 Å². The van der Waals surface area contributed by atoms with Crippen LogP contribution in [0.5, 0.6) is 0 Å². The van der Waals surface area contributed by atoms with Crippen molar-refractivity contribution < 1.29 is 0 Å². The van der Waals surface area contributed by atoms with Crippen LogP contribution in [0.2, 0.25) is 0 Å². The van der Waals surface area contributed by atoms with Crippen molar-refractivity contribution in [1.82, 2.24) is 14.9 Å². The number of hydrogen-bond acceptors (Lipinski definition) is 2. The van der Waals surface area contributed by atoms with Gasteiger partial charge in [0.2, 0.25) is 0 Å². The number of aromatic nitrogens is 2. The van der Waals surface area contributed by atoms with Crippen LogP contribution in [0.1, 0.15) is 23.7 Å². The second kappa shape index (κ2) is 5.64. The van der Waals surface area contributed by atoms with Crippen molar-refractivity contribution in [3.8, 4) is 0 Å². The lowest BCUT2D eigenvalue weighted by Gasteiger charge is -2.08. The fourth-order valence-corrected chi connectivity index (χ4v) is 1.91. The smallest absolute Gasteiger partial charge is 0.0948 e. The number of benzene rings is 1. The molecule has 0 unspecified atom stereocenters. The minimum absolute atomic E-state index is 0.863. The molecule has 0 spiro atoms. The van der Waals surface area contributed by atoms with Gasteiger partial charge >= 0.3 is 0 Å². The van der Waals surface area contributed by atoms with E-state index in [1.165, 1.54) is 16.8 Å². The van der Waals surface area contributed by atoms with Gasteiger partial charge in [-0.25, -0.2) is 4.98 Å². The first-order chi connectivity index (χ1) is 8.31. The summed E-state index contributed by atoms with van der Waals surface area (Å²) in [7, 11) is 0. The van der Waals surface area contributed by atoms with Crippen LogP contribution in [-0.2, 0) is 19.6 Å². The highest BCUT2D eigenvalue weighted by atomic mass is 15.1. The molecule has 0 bridgehead atoms. The predicted molar refractivity (Wildman–Crippen MR) is 69.6 cm³/mol. The van der Waals surface area contributed by atoms with Crippen LogP contribution in [0.15, 0.2) is 36.8 Å². The summed E-state index contributed by atoms with van der Waals surface area (Å²) in [5.74, 6) is 0. The van der Waals surface area contributed by atoms with Crippen molar-refractivity contribution in [3.05, 3.63) is 53.6 Å². The number of nitrogens with zero attached hydrogens (tertiary/aromatic N) is 2. The van der Waals surface area contributed by atoms with E-state index in [9.17, 15) is 0 Å². The summed E-state index contributed by atoms with van der Waals surface area (Å²) in [6.45, 7) is 7.02. The zero-order valence-corrected chi connectivity index (χ0v) is 10.5. The molecule has 0 atom stereocenters. The first-order valence-corrected chi connectivity index (χ1v) is 6.05. The molecule has 0 radical (unpaired) electrons. The molecule has 3 nitrogen and oxygen atoms in total. The Hall–Kier alpha value is -1.61. The fourth-order valence-electron chi connectivity index (χ4n) is 1.91. The maximum atomic E-state index is 4.16. The van der Waals surface area contributed by atoms with Crippen molar-refractivity contribution in [3.63, 3.8) is 0 Å². The van der Waals surface area contributed by atoms with Gasteiger partial charge in [0.05, 0.1) is 12.0 Å². The number of hydrogen-bond donors (Lipinski definition) is 1. The van der Waals surface area contributed by atoms with E-state index in [-0.39, 0.29) is 0 Å². The third-order valence-corrected chi connectivity index (χ3v) is 3.02. The third kappa shape index (κ3) is 2.94. The molecule has 0 aliphatic rings. The number of imidazole rings is 1. The van der Waals surface area contributed by atoms with E-state index in [0.717, 1.165) is 19.6 Å². The van der Waals surface area contributed by atoms with Crippen molar-refractivity contribution in [2.75, 3.05) is 0 Å². The molecule has 0 aliphatic carbocycles. The van der Waals surface area contributed by atoms with Crippen molar-refractivity contribution in [2.45, 2.75) is 33.5 Å². The molecular weight excluding hydrogens is 210 g/mol. The Balaban J connectivity index is 1.90. The molecule has 2 rings (SSSR count). The Kier molecular flexibility index (Phi) is 3.94. The normalized spacial score (nSPS) is 10.7. The second-order valence-electron chi connectivity index (χ2n) is 4.20. The van der Waals surface area contributed by atoms with Crippen LogP contribution in [-0.4, -0.2) is 9.55 Å². The molecule has 17 heavy (non-hydrogen) atoms. The lowest BCUT2D eigenvalue weighted by atomic mass is 10.1. The van der Waals surface area contributed by atoms with E-state index in [0.29, 0.717) is 0 Å². The maximum absolute atomic E-state index is 4.16. The Morgan fingerprint density at radius 2 is 2.06 bits per heavy atom. The van der Waals surface area contributed by atoms with E-state index in [4.69, 9.17) is 0 Å². The largest absolute Gasteiger partial charge is 0.334 e. The average molecular weight is 229 g/mol. The van der Waals surface area contributed by atoms with E-state index in [1.807, 2.05) is 12.5 Å². The molecule has 1 N–H and O–H groups in total. The monoisotopic (exact) mass is 229 g/mol. The van der Waals surface area contributed by atoms with Crippen molar-refractivity contribution in [2.24, 2.45) is 0 Å². The van der Waals surface area contributed by atoms with Crippen LogP contribution in [0, 0.1) is 6.92 Å². The molecule has 0 fully saturated rings. The Bertz CT molecular complexity index is 474. The number of aryl methyl sites for hydroxylation is 2. The first kappa shape index (κ1) is 11.9. The molecular formula is C14H19N3. The van der Waals surface area contributed by atoms with Crippen LogP contribution in [0.25, 0.3) is 0 Å². The molecule has 3 heteroatoms. The van der Waals surface area contributed by atoms with Gasteiger partial charge in [0, 0.05) is 25.8 Å². The minimum Gasteiger partial charge on any atom is -0.334 e. The van der Waals surface area contributed by atoms with Crippen LogP contribution < -0.4 is 5.32 Å². The van der Waals surface area contributed by atoms with Crippen LogP contribution in [0.3, 0.4) is 0 Å². The zero-order chi connectivity index (χ0) is 12.1. The number of rotatable bonds is 5. The summed E-state index contributed by atoms with van der Waals surface area (Å²) in [6.07, 6.45) is 3.80. The summed E-state index contributed by atoms with van der Waals surface area (Å²) in [4.78, 5) is 4.16. The molecule has 1 heterocycles. The van der Waals surface area contributed by atoms with Gasteiger partial charge in [-0.05, 0) is 25.0 Å². The Morgan fingerprint density at radius 3 is 2.82 bits per heavy atom. The summed E-state index contributed by atoms with van der Waals surface area (Å²) >= 11 is 0. The maximum Gasteiger partial charge on any atom is 0.0948 e. The Morgan fingerprint density at radius 1 is 1.24 bits per heavy atom. The SMILES string of the molecule is CCn1cncc1CNCc1ccccc1C. The molecule has 0 amide bonds. The predicted octanol–water partition coefficient (Wildman–Crippen LogP) is 2.50. The molecule has 0 saturated heterocycles. The van der Waals surface area contributed by atoms with Crippen LogP contribution in [0.4, 0.5) is 0 Å². The zero-order valence-electron chi connectivity index (χ0n) is 10.5. The quantitative estimate of drug-likeness (QED) is 0.853. The average Bonchev–Trinajstić information content (AvgIpc) is 2.79. The highest BCUT2D eigenvalue weighted by Gasteiger charge is 2.00. The lowest BCUT2D eigenvalue weighted by molar-refractivity contribution is 0.627. The fraction of sp³-hybridized carbons (Fsp3) is 0.357. The van der Waals surface area contributed by atoms with Gasteiger partial charge in [-0.15, -0.1) is 0 Å². The van der Waals surface area contributed by atoms with Crippen LogP contribution >= 0.6 is 0 Å².